The van der Waals surface area contributed by atoms with Crippen LogP contribution in [0.4, 0.5) is 0 Å². The van der Waals surface area contributed by atoms with Crippen molar-refractivity contribution in [2.45, 2.75) is 0 Å². The van der Waals surface area contributed by atoms with Crippen LogP contribution in [0.1, 0.15) is 0 Å². The number of thiophene rings is 1. The maximum atomic E-state index is 5.63. The highest BCUT2D eigenvalue weighted by Crippen LogP contribution is 2.29. The molecule has 56 valence electrons. The highest BCUT2D eigenvalue weighted by Gasteiger charge is 2.04. The van der Waals surface area contributed by atoms with Crippen LogP contribution < -0.4 is 0 Å². The number of aromatic nitrogens is 2. The van der Waals surface area contributed by atoms with Gasteiger partial charge in [-0.05, 0) is 23.0 Å². The lowest BCUT2D eigenvalue weighted by atomic mass is 10.5. The predicted molar refractivity (Wildman–Crippen MR) is 48.2 cm³/mol. The van der Waals surface area contributed by atoms with E-state index in [2.05, 4.69) is 10.2 Å². The van der Waals surface area contributed by atoms with E-state index in [-0.39, 0.29) is 0 Å². The van der Waals surface area contributed by atoms with Gasteiger partial charge in [-0.3, -0.25) is 0 Å². The van der Waals surface area contributed by atoms with Crippen LogP contribution in [0.15, 0.2) is 17.5 Å². The molecule has 0 bridgehead atoms. The minimum absolute atomic E-state index is 0.494. The summed E-state index contributed by atoms with van der Waals surface area (Å²) < 4.78 is 0.494. The molecule has 0 amide bonds. The highest BCUT2D eigenvalue weighted by atomic mass is 35.5. The topological polar surface area (TPSA) is 25.8 Å². The van der Waals surface area contributed by atoms with E-state index in [1.165, 1.54) is 11.3 Å². The lowest BCUT2D eigenvalue weighted by Gasteiger charge is -1.81. The quantitative estimate of drug-likeness (QED) is 0.711. The summed E-state index contributed by atoms with van der Waals surface area (Å²) in [5, 5.41) is 10.5. The fourth-order valence-electron chi connectivity index (χ4n) is 0.705. The van der Waals surface area contributed by atoms with Crippen LogP contribution in [0.3, 0.4) is 0 Å². The lowest BCUT2D eigenvalue weighted by Crippen LogP contribution is -1.68. The zero-order valence-electron chi connectivity index (χ0n) is 5.32. The summed E-state index contributed by atoms with van der Waals surface area (Å²) in [5.74, 6) is 0. The first-order valence-electron chi connectivity index (χ1n) is 2.89. The third kappa shape index (κ3) is 1.42. The van der Waals surface area contributed by atoms with E-state index in [0.29, 0.717) is 4.47 Å². The molecule has 0 fully saturated rings. The predicted octanol–water partition coefficient (Wildman–Crippen LogP) is 2.92. The van der Waals surface area contributed by atoms with Crippen molar-refractivity contribution < 1.29 is 0 Å². The van der Waals surface area contributed by atoms with Crippen molar-refractivity contribution in [1.82, 2.24) is 10.2 Å². The number of nitrogens with zero attached hydrogens (tertiary/aromatic N) is 2. The minimum Gasteiger partial charge on any atom is -0.141 e. The van der Waals surface area contributed by atoms with Gasteiger partial charge in [-0.2, -0.15) is 0 Å². The Morgan fingerprint density at radius 2 is 2.27 bits per heavy atom. The Balaban J connectivity index is 2.45. The van der Waals surface area contributed by atoms with Gasteiger partial charge < -0.3 is 0 Å². The van der Waals surface area contributed by atoms with Crippen molar-refractivity contribution in [2.75, 3.05) is 0 Å². The van der Waals surface area contributed by atoms with E-state index in [4.69, 9.17) is 11.6 Å². The molecule has 0 aliphatic carbocycles. The number of rotatable bonds is 1. The van der Waals surface area contributed by atoms with Crippen LogP contribution >= 0.6 is 34.3 Å². The van der Waals surface area contributed by atoms with Crippen molar-refractivity contribution in [3.63, 3.8) is 0 Å². The normalized spacial score (nSPS) is 10.3. The van der Waals surface area contributed by atoms with Gasteiger partial charge in [0, 0.05) is 0 Å². The molecule has 0 spiro atoms. The first-order chi connectivity index (χ1) is 5.36. The monoisotopic (exact) mass is 202 g/mol. The van der Waals surface area contributed by atoms with Crippen LogP contribution in [-0.4, -0.2) is 10.2 Å². The minimum atomic E-state index is 0.494. The largest absolute Gasteiger partial charge is 0.207 e. The van der Waals surface area contributed by atoms with E-state index in [1.54, 1.807) is 11.3 Å². The van der Waals surface area contributed by atoms with Gasteiger partial charge in [-0.25, -0.2) is 0 Å². The third-order valence-electron chi connectivity index (χ3n) is 1.13. The molecule has 0 saturated heterocycles. The maximum Gasteiger partial charge on any atom is 0.207 e. The van der Waals surface area contributed by atoms with Gasteiger partial charge in [0.1, 0.15) is 0 Å². The molecule has 2 nitrogen and oxygen atoms in total. The standard InChI is InChI=1S/C6H3ClN2S2/c7-6-9-8-5(11-6)4-2-1-3-10-4/h1-3H. The molecule has 0 unspecified atom stereocenters. The molecule has 0 saturated carbocycles. The van der Waals surface area contributed by atoms with Gasteiger partial charge in [-0.15, -0.1) is 21.5 Å². The molecule has 2 rings (SSSR count). The molecule has 0 atom stereocenters. The van der Waals surface area contributed by atoms with E-state index in [1.807, 2.05) is 17.5 Å². The maximum absolute atomic E-state index is 5.63. The number of hydrogen-bond donors (Lipinski definition) is 0. The Labute approximate surface area is 76.5 Å². The molecule has 2 aromatic rings. The molecule has 0 aromatic carbocycles. The Kier molecular flexibility index (Phi) is 1.89. The number of hydrogen-bond acceptors (Lipinski definition) is 4. The van der Waals surface area contributed by atoms with E-state index < -0.39 is 0 Å². The van der Waals surface area contributed by atoms with Crippen molar-refractivity contribution in [1.29, 1.82) is 0 Å². The van der Waals surface area contributed by atoms with Gasteiger partial charge in [0.15, 0.2) is 5.01 Å². The first-order valence-corrected chi connectivity index (χ1v) is 4.96. The van der Waals surface area contributed by atoms with Crippen molar-refractivity contribution in [2.24, 2.45) is 0 Å². The summed E-state index contributed by atoms with van der Waals surface area (Å²) in [6.07, 6.45) is 0. The first kappa shape index (κ1) is 7.21. The second-order valence-corrected chi connectivity index (χ2v) is 4.34. The molecule has 0 aliphatic rings. The third-order valence-corrected chi connectivity index (χ3v) is 3.19. The average Bonchev–Trinajstić information content (AvgIpc) is 2.55. The van der Waals surface area contributed by atoms with Crippen LogP contribution in [0, 0.1) is 0 Å². The summed E-state index contributed by atoms with van der Waals surface area (Å²) >= 11 is 8.66. The highest BCUT2D eigenvalue weighted by molar-refractivity contribution is 7.22. The SMILES string of the molecule is Clc1nnc(-c2cccs2)s1. The second-order valence-electron chi connectivity index (χ2n) is 1.84. The van der Waals surface area contributed by atoms with Gasteiger partial charge >= 0.3 is 0 Å². The molecule has 2 heterocycles. The van der Waals surface area contributed by atoms with Gasteiger partial charge in [0.05, 0.1) is 4.88 Å². The van der Waals surface area contributed by atoms with E-state index in [0.717, 1.165) is 9.88 Å². The average molecular weight is 203 g/mol. The molecule has 0 N–H and O–H groups in total. The summed E-state index contributed by atoms with van der Waals surface area (Å²) in [6.45, 7) is 0. The molecule has 0 aliphatic heterocycles. The summed E-state index contributed by atoms with van der Waals surface area (Å²) in [6, 6.07) is 3.98. The van der Waals surface area contributed by atoms with Crippen LogP contribution in [0.5, 0.6) is 0 Å². The number of halogens is 1. The molecule has 0 radical (unpaired) electrons. The van der Waals surface area contributed by atoms with Crippen LogP contribution in [0.2, 0.25) is 4.47 Å². The van der Waals surface area contributed by atoms with Crippen molar-refractivity contribution in [3.05, 3.63) is 22.0 Å². The lowest BCUT2D eigenvalue weighted by molar-refractivity contribution is 1.10. The molecule has 5 heteroatoms. The van der Waals surface area contributed by atoms with Crippen molar-refractivity contribution >= 4 is 34.3 Å². The van der Waals surface area contributed by atoms with E-state index in [9.17, 15) is 0 Å². The summed E-state index contributed by atoms with van der Waals surface area (Å²) in [7, 11) is 0. The molecular formula is C6H3ClN2S2. The fourth-order valence-corrected chi connectivity index (χ4v) is 2.33. The Morgan fingerprint density at radius 3 is 2.82 bits per heavy atom. The molecular weight excluding hydrogens is 200 g/mol. The Morgan fingerprint density at radius 1 is 1.36 bits per heavy atom. The smallest absolute Gasteiger partial charge is 0.141 e. The van der Waals surface area contributed by atoms with E-state index >= 15 is 0 Å². The zero-order valence-corrected chi connectivity index (χ0v) is 7.71. The summed E-state index contributed by atoms with van der Waals surface area (Å²) in [4.78, 5) is 1.12. The molecule has 2 aromatic heterocycles. The second kappa shape index (κ2) is 2.89. The van der Waals surface area contributed by atoms with Gasteiger partial charge in [0.25, 0.3) is 0 Å². The Bertz CT molecular complexity index is 341. The van der Waals surface area contributed by atoms with Crippen LogP contribution in [0.25, 0.3) is 9.88 Å². The van der Waals surface area contributed by atoms with Gasteiger partial charge in [-0.1, -0.05) is 17.4 Å². The zero-order chi connectivity index (χ0) is 7.68. The fraction of sp³-hybridized carbons (Fsp3) is 0. The van der Waals surface area contributed by atoms with Crippen molar-refractivity contribution in [3.8, 4) is 9.88 Å². The van der Waals surface area contributed by atoms with Crippen LogP contribution in [-0.2, 0) is 0 Å². The Hall–Kier alpha value is -0.450. The molecule has 11 heavy (non-hydrogen) atoms. The summed E-state index contributed by atoms with van der Waals surface area (Å²) in [5.41, 5.74) is 0. The van der Waals surface area contributed by atoms with Gasteiger partial charge in [0.2, 0.25) is 4.47 Å².